The molecule has 0 aliphatic carbocycles. The molecule has 4 rings (SSSR count). The van der Waals surface area contributed by atoms with Gasteiger partial charge in [-0.2, -0.15) is 0 Å². The molecular weight excluding hydrogens is 358 g/mol. The van der Waals surface area contributed by atoms with Gasteiger partial charge >= 0.3 is 5.97 Å². The van der Waals surface area contributed by atoms with Gasteiger partial charge in [0.25, 0.3) is 0 Å². The lowest BCUT2D eigenvalue weighted by atomic mass is 10.2. The predicted molar refractivity (Wildman–Crippen MR) is 100 cm³/mol. The van der Waals surface area contributed by atoms with Crippen molar-refractivity contribution in [3.8, 4) is 5.75 Å². The Morgan fingerprint density at radius 1 is 1.16 bits per heavy atom. The van der Waals surface area contributed by atoms with Crippen molar-refractivity contribution >= 4 is 51.0 Å². The van der Waals surface area contributed by atoms with Gasteiger partial charge in [0.15, 0.2) is 5.70 Å². The van der Waals surface area contributed by atoms with E-state index in [2.05, 4.69) is 4.99 Å². The maximum Gasteiger partial charge on any atom is 0.363 e. The topological polar surface area (TPSA) is 47.9 Å². The van der Waals surface area contributed by atoms with Gasteiger partial charge in [0.05, 0.1) is 12.1 Å². The third-order valence-electron chi connectivity index (χ3n) is 3.77. The molecule has 0 radical (unpaired) electrons. The molecule has 0 atom stereocenters. The number of hydrogen-bond acceptors (Lipinski definition) is 5. The van der Waals surface area contributed by atoms with Crippen LogP contribution in [0.1, 0.15) is 10.4 Å². The molecule has 0 saturated heterocycles. The number of hydrogen-bond donors (Lipinski definition) is 0. The molecule has 0 saturated carbocycles. The smallest absolute Gasteiger partial charge is 0.363 e. The van der Waals surface area contributed by atoms with E-state index in [1.807, 2.05) is 48.5 Å². The number of fused-ring (bicyclic) bond motifs is 1. The van der Waals surface area contributed by atoms with Crippen LogP contribution in [-0.2, 0) is 9.53 Å². The Labute approximate surface area is 153 Å². The fourth-order valence-electron chi connectivity index (χ4n) is 2.52. The summed E-state index contributed by atoms with van der Waals surface area (Å²) in [6.07, 6.45) is 1.68. The van der Waals surface area contributed by atoms with E-state index in [1.165, 1.54) is 11.3 Å². The van der Waals surface area contributed by atoms with Crippen LogP contribution < -0.4 is 4.74 Å². The molecule has 0 spiro atoms. The number of halogens is 1. The van der Waals surface area contributed by atoms with Gasteiger partial charge in [0, 0.05) is 10.1 Å². The Morgan fingerprint density at radius 3 is 2.64 bits per heavy atom. The number of carbonyl (C=O) groups is 1. The second kappa shape index (κ2) is 6.35. The van der Waals surface area contributed by atoms with Gasteiger partial charge in [-0.25, -0.2) is 9.79 Å². The van der Waals surface area contributed by atoms with Crippen molar-refractivity contribution in [3.63, 3.8) is 0 Å². The van der Waals surface area contributed by atoms with Gasteiger partial charge in [-0.15, -0.1) is 11.3 Å². The summed E-state index contributed by atoms with van der Waals surface area (Å²) in [4.78, 5) is 17.1. The number of aliphatic imine (C=N–C) groups is 1. The normalized spacial score (nSPS) is 15.5. The zero-order chi connectivity index (χ0) is 17.4. The monoisotopic (exact) mass is 369 g/mol. The number of esters is 1. The Hall–Kier alpha value is -2.63. The van der Waals surface area contributed by atoms with Crippen LogP contribution in [0.15, 0.2) is 59.2 Å². The minimum Gasteiger partial charge on any atom is -0.497 e. The third kappa shape index (κ3) is 2.92. The van der Waals surface area contributed by atoms with Crippen LogP contribution in [0.5, 0.6) is 5.75 Å². The quantitative estimate of drug-likeness (QED) is 0.487. The van der Waals surface area contributed by atoms with Crippen molar-refractivity contribution in [2.75, 3.05) is 7.11 Å². The molecule has 0 fully saturated rings. The summed E-state index contributed by atoms with van der Waals surface area (Å²) in [5, 5.41) is 1.48. The van der Waals surface area contributed by atoms with Gasteiger partial charge in [0.1, 0.15) is 10.6 Å². The van der Waals surface area contributed by atoms with Crippen molar-refractivity contribution < 1.29 is 14.3 Å². The maximum absolute atomic E-state index is 12.1. The minimum absolute atomic E-state index is 0.244. The molecule has 0 bridgehead atoms. The average molecular weight is 370 g/mol. The van der Waals surface area contributed by atoms with E-state index in [1.54, 1.807) is 13.2 Å². The average Bonchev–Trinajstić information content (AvgIpc) is 3.16. The Morgan fingerprint density at radius 2 is 1.92 bits per heavy atom. The van der Waals surface area contributed by atoms with E-state index >= 15 is 0 Å². The van der Waals surface area contributed by atoms with Gasteiger partial charge in [-0.05, 0) is 29.8 Å². The lowest BCUT2D eigenvalue weighted by Gasteiger charge is -1.99. The predicted octanol–water partition coefficient (Wildman–Crippen LogP) is 4.91. The van der Waals surface area contributed by atoms with Gasteiger partial charge < -0.3 is 9.47 Å². The molecule has 3 aromatic rings. The van der Waals surface area contributed by atoms with E-state index in [0.29, 0.717) is 9.90 Å². The van der Waals surface area contributed by atoms with Crippen LogP contribution in [0, 0.1) is 0 Å². The largest absolute Gasteiger partial charge is 0.497 e. The molecule has 2 aromatic carbocycles. The summed E-state index contributed by atoms with van der Waals surface area (Å²) in [5.41, 5.74) is 1.08. The van der Waals surface area contributed by atoms with Crippen molar-refractivity contribution in [3.05, 3.63) is 69.7 Å². The van der Waals surface area contributed by atoms with E-state index in [4.69, 9.17) is 21.1 Å². The van der Waals surface area contributed by atoms with Crippen LogP contribution in [0.4, 0.5) is 0 Å². The Kier molecular flexibility index (Phi) is 4.03. The molecule has 6 heteroatoms. The first-order chi connectivity index (χ1) is 12.2. The molecule has 0 unspecified atom stereocenters. The molecule has 4 nitrogen and oxygen atoms in total. The van der Waals surface area contributed by atoms with Crippen molar-refractivity contribution in [1.29, 1.82) is 0 Å². The van der Waals surface area contributed by atoms with E-state index in [0.717, 1.165) is 21.4 Å². The number of ether oxygens (including phenoxy) is 2. The van der Waals surface area contributed by atoms with Crippen molar-refractivity contribution in [2.45, 2.75) is 0 Å². The van der Waals surface area contributed by atoms with Crippen LogP contribution >= 0.6 is 22.9 Å². The first-order valence-corrected chi connectivity index (χ1v) is 8.69. The lowest BCUT2D eigenvalue weighted by Crippen LogP contribution is -2.04. The van der Waals surface area contributed by atoms with E-state index < -0.39 is 5.97 Å². The highest BCUT2D eigenvalue weighted by molar-refractivity contribution is 7.21. The van der Waals surface area contributed by atoms with Crippen LogP contribution in [0.25, 0.3) is 16.2 Å². The standard InChI is InChI=1S/C19H12ClNO3S/c1-23-12-8-6-11(7-9-12)10-14-19(22)24-18(21-14)17-16(20)13-4-2-3-5-15(13)25-17/h2-10H,1H3/b14-10+. The summed E-state index contributed by atoms with van der Waals surface area (Å²) in [7, 11) is 1.60. The van der Waals surface area contributed by atoms with Crippen molar-refractivity contribution in [1.82, 2.24) is 0 Å². The van der Waals surface area contributed by atoms with Crippen LogP contribution in [0.2, 0.25) is 5.02 Å². The fraction of sp³-hybridized carbons (Fsp3) is 0.0526. The first kappa shape index (κ1) is 15.9. The zero-order valence-corrected chi connectivity index (χ0v) is 14.7. The highest BCUT2D eigenvalue weighted by atomic mass is 35.5. The number of benzene rings is 2. The number of nitrogens with zero attached hydrogens (tertiary/aromatic N) is 1. The third-order valence-corrected chi connectivity index (χ3v) is 5.43. The Balaban J connectivity index is 1.71. The summed E-state index contributed by atoms with van der Waals surface area (Å²) in [6.45, 7) is 0. The number of rotatable bonds is 3. The summed E-state index contributed by atoms with van der Waals surface area (Å²) >= 11 is 7.88. The highest BCUT2D eigenvalue weighted by Gasteiger charge is 2.27. The van der Waals surface area contributed by atoms with Crippen molar-refractivity contribution in [2.24, 2.45) is 4.99 Å². The van der Waals surface area contributed by atoms with Gasteiger partial charge in [-0.1, -0.05) is 41.9 Å². The molecule has 0 amide bonds. The number of cyclic esters (lactones) is 1. The zero-order valence-electron chi connectivity index (χ0n) is 13.2. The molecule has 2 heterocycles. The summed E-state index contributed by atoms with van der Waals surface area (Å²) in [6, 6.07) is 15.1. The summed E-state index contributed by atoms with van der Waals surface area (Å²) < 4.78 is 11.5. The van der Waals surface area contributed by atoms with Crippen LogP contribution in [-0.4, -0.2) is 19.0 Å². The van der Waals surface area contributed by atoms with Gasteiger partial charge in [-0.3, -0.25) is 0 Å². The number of methoxy groups -OCH3 is 1. The summed E-state index contributed by atoms with van der Waals surface area (Å²) in [5.74, 6) is 0.507. The first-order valence-electron chi connectivity index (χ1n) is 7.50. The lowest BCUT2D eigenvalue weighted by molar-refractivity contribution is -0.129. The molecule has 1 aliphatic heterocycles. The molecule has 0 N–H and O–H groups in total. The Bertz CT molecular complexity index is 1030. The highest BCUT2D eigenvalue weighted by Crippen LogP contribution is 2.37. The SMILES string of the molecule is COc1ccc(/C=C2/N=C(c3sc4ccccc4c3Cl)OC2=O)cc1. The second-order valence-electron chi connectivity index (χ2n) is 5.35. The molecule has 25 heavy (non-hydrogen) atoms. The second-order valence-corrected chi connectivity index (χ2v) is 6.78. The molecule has 1 aliphatic rings. The molecule has 124 valence electrons. The van der Waals surface area contributed by atoms with E-state index in [-0.39, 0.29) is 11.6 Å². The van der Waals surface area contributed by atoms with E-state index in [9.17, 15) is 4.79 Å². The number of carbonyl (C=O) groups excluding carboxylic acids is 1. The fourth-order valence-corrected chi connectivity index (χ4v) is 3.95. The number of thiophene rings is 1. The van der Waals surface area contributed by atoms with Gasteiger partial charge in [0.2, 0.25) is 5.90 Å². The van der Waals surface area contributed by atoms with Crippen LogP contribution in [0.3, 0.4) is 0 Å². The molecule has 1 aromatic heterocycles. The maximum atomic E-state index is 12.1. The minimum atomic E-state index is -0.487. The molecular formula is C19H12ClNO3S.